The molecule has 0 aromatic heterocycles. The number of aliphatic hydroxyl groups is 2. The van der Waals surface area contributed by atoms with Crippen molar-refractivity contribution < 1.29 is 24.5 Å². The van der Waals surface area contributed by atoms with Crippen molar-refractivity contribution >= 4 is 11.9 Å². The van der Waals surface area contributed by atoms with Gasteiger partial charge in [-0.05, 0) is 89.9 Å². The van der Waals surface area contributed by atoms with Crippen LogP contribution >= 0.6 is 0 Å². The number of hydrogen-bond acceptors (Lipinski definition) is 5. The van der Waals surface area contributed by atoms with Crippen LogP contribution in [0.3, 0.4) is 0 Å². The molecule has 1 amide bonds. The lowest BCUT2D eigenvalue weighted by Gasteiger charge is -2.20. The van der Waals surface area contributed by atoms with Crippen molar-refractivity contribution in [3.05, 3.63) is 48.6 Å². The number of unbranched alkanes of at least 4 members (excludes halogenated alkanes) is 45. The molecule has 0 bridgehead atoms. The maximum absolute atomic E-state index is 12.5. The molecule has 0 fully saturated rings. The van der Waals surface area contributed by atoms with Gasteiger partial charge in [-0.2, -0.15) is 0 Å². The summed E-state index contributed by atoms with van der Waals surface area (Å²) in [5, 5.41) is 23.2. The Bertz CT molecular complexity index is 1260. The van der Waals surface area contributed by atoms with E-state index in [0.29, 0.717) is 19.4 Å². The van der Waals surface area contributed by atoms with Gasteiger partial charge in [0.2, 0.25) is 5.91 Å². The van der Waals surface area contributed by atoms with E-state index in [1.807, 2.05) is 6.08 Å². The highest BCUT2D eigenvalue weighted by Crippen LogP contribution is 2.17. The summed E-state index contributed by atoms with van der Waals surface area (Å²) in [6.07, 6.45) is 83.1. The molecule has 2 unspecified atom stereocenters. The topological polar surface area (TPSA) is 95.9 Å². The average Bonchev–Trinajstić information content (AvgIpc) is 3.41. The SMILES string of the molecule is CCCCCC/C=C\C/C=C\CCCCCCCCCC(=O)OCCCCCCCCCCCCCC/C=C\CCCCCCCCCC(=O)NC(CO)C(O)/C=C/CCCCCCCCCCCCCCCCC. The van der Waals surface area contributed by atoms with Crippen LogP contribution in [0.15, 0.2) is 48.6 Å². The first-order valence-corrected chi connectivity index (χ1v) is 33.4. The van der Waals surface area contributed by atoms with E-state index in [1.165, 1.54) is 270 Å². The van der Waals surface area contributed by atoms with Gasteiger partial charge in [-0.1, -0.05) is 300 Å². The van der Waals surface area contributed by atoms with Gasteiger partial charge < -0.3 is 20.3 Å². The van der Waals surface area contributed by atoms with E-state index in [-0.39, 0.29) is 18.5 Å². The Kier molecular flexibility index (Phi) is 62.5. The zero-order valence-corrected chi connectivity index (χ0v) is 50.3. The monoisotopic (exact) mass is 1050 g/mol. The molecule has 0 heterocycles. The minimum absolute atomic E-state index is 0.00365. The Morgan fingerprint density at radius 3 is 1.04 bits per heavy atom. The number of hydrogen-bond donors (Lipinski definition) is 3. The first kappa shape index (κ1) is 72.8. The zero-order valence-electron chi connectivity index (χ0n) is 50.3. The molecule has 2 atom stereocenters. The van der Waals surface area contributed by atoms with Crippen molar-refractivity contribution in [1.29, 1.82) is 0 Å². The molecule has 0 aliphatic rings. The van der Waals surface area contributed by atoms with Crippen LogP contribution < -0.4 is 5.32 Å². The fourth-order valence-electron chi connectivity index (χ4n) is 10.2. The molecular formula is C69H129NO5. The Hall–Kier alpha value is -2.18. The summed E-state index contributed by atoms with van der Waals surface area (Å²) in [6.45, 7) is 4.90. The third-order valence-corrected chi connectivity index (χ3v) is 15.3. The van der Waals surface area contributed by atoms with E-state index in [9.17, 15) is 19.8 Å². The van der Waals surface area contributed by atoms with E-state index >= 15 is 0 Å². The van der Waals surface area contributed by atoms with Gasteiger partial charge in [0.15, 0.2) is 0 Å². The van der Waals surface area contributed by atoms with Gasteiger partial charge in [-0.3, -0.25) is 9.59 Å². The summed E-state index contributed by atoms with van der Waals surface area (Å²) < 4.78 is 5.49. The third-order valence-electron chi connectivity index (χ3n) is 15.3. The lowest BCUT2D eigenvalue weighted by atomic mass is 10.0. The highest BCUT2D eigenvalue weighted by Gasteiger charge is 2.18. The minimum atomic E-state index is -0.849. The smallest absolute Gasteiger partial charge is 0.305 e. The number of aliphatic hydroxyl groups excluding tert-OH is 2. The summed E-state index contributed by atoms with van der Waals surface area (Å²) in [4.78, 5) is 24.6. The number of esters is 1. The standard InChI is InChI=1S/C69H129NO5/c1-3-5-7-9-11-13-15-17-19-21-31-35-39-43-47-51-55-59-63-69(74)75-64-60-56-52-48-44-40-36-32-28-26-24-22-23-25-27-30-34-38-42-46-50-54-58-62-68(73)70-66(65-71)67(72)61-57-53-49-45-41-37-33-29-20-18-16-14-12-10-8-6-4-2/h13,15,19,21,25,27,57,61,66-67,71-72H,3-12,14,16-18,20,22-24,26,28-56,58-60,62-65H2,1-2H3,(H,70,73)/b15-13-,21-19-,27-25-,61-57+. The molecule has 0 aromatic rings. The van der Waals surface area contributed by atoms with E-state index in [1.54, 1.807) is 6.08 Å². The number of carbonyl (C=O) groups is 2. The van der Waals surface area contributed by atoms with Crippen LogP contribution in [-0.4, -0.2) is 47.4 Å². The molecule has 0 aliphatic carbocycles. The predicted molar refractivity (Wildman–Crippen MR) is 329 cm³/mol. The van der Waals surface area contributed by atoms with E-state index < -0.39 is 12.1 Å². The molecular weight excluding hydrogens is 923 g/mol. The molecule has 0 spiro atoms. The van der Waals surface area contributed by atoms with Crippen molar-refractivity contribution in [2.24, 2.45) is 0 Å². The zero-order chi connectivity index (χ0) is 54.3. The molecule has 0 saturated carbocycles. The van der Waals surface area contributed by atoms with Gasteiger partial charge in [-0.25, -0.2) is 0 Å². The van der Waals surface area contributed by atoms with Crippen LogP contribution in [0.4, 0.5) is 0 Å². The van der Waals surface area contributed by atoms with Crippen LogP contribution in [-0.2, 0) is 14.3 Å². The normalized spacial score (nSPS) is 12.9. The second kappa shape index (κ2) is 64.3. The Morgan fingerprint density at radius 1 is 0.373 bits per heavy atom. The van der Waals surface area contributed by atoms with Crippen LogP contribution in [0, 0.1) is 0 Å². The molecule has 6 nitrogen and oxygen atoms in total. The van der Waals surface area contributed by atoms with Crippen molar-refractivity contribution in [3.63, 3.8) is 0 Å². The number of amides is 1. The van der Waals surface area contributed by atoms with Crippen LogP contribution in [0.25, 0.3) is 0 Å². The second-order valence-electron chi connectivity index (χ2n) is 22.8. The molecule has 3 N–H and O–H groups in total. The number of allylic oxidation sites excluding steroid dienone is 7. The lowest BCUT2D eigenvalue weighted by molar-refractivity contribution is -0.143. The highest BCUT2D eigenvalue weighted by atomic mass is 16.5. The van der Waals surface area contributed by atoms with E-state index in [0.717, 1.165) is 57.8 Å². The Balaban J connectivity index is 3.43. The number of carbonyl (C=O) groups excluding carboxylic acids is 2. The number of nitrogens with one attached hydrogen (secondary N) is 1. The fraction of sp³-hybridized carbons (Fsp3) is 0.855. The van der Waals surface area contributed by atoms with E-state index in [2.05, 4.69) is 55.6 Å². The molecule has 440 valence electrons. The van der Waals surface area contributed by atoms with Crippen molar-refractivity contribution in [2.45, 2.75) is 366 Å². The van der Waals surface area contributed by atoms with E-state index in [4.69, 9.17) is 4.74 Å². The maximum Gasteiger partial charge on any atom is 0.305 e. The lowest BCUT2D eigenvalue weighted by Crippen LogP contribution is -2.45. The number of ether oxygens (including phenoxy) is 1. The van der Waals surface area contributed by atoms with Crippen molar-refractivity contribution in [2.75, 3.05) is 13.2 Å². The van der Waals surface area contributed by atoms with Gasteiger partial charge in [-0.15, -0.1) is 0 Å². The average molecular weight is 1050 g/mol. The molecule has 0 aliphatic heterocycles. The summed E-state index contributed by atoms with van der Waals surface area (Å²) in [5.74, 6) is -0.0691. The Labute approximate surface area is 467 Å². The molecule has 0 rings (SSSR count). The van der Waals surface area contributed by atoms with Gasteiger partial charge in [0, 0.05) is 12.8 Å². The van der Waals surface area contributed by atoms with Crippen LogP contribution in [0.5, 0.6) is 0 Å². The molecule has 6 heteroatoms. The fourth-order valence-corrected chi connectivity index (χ4v) is 10.2. The Morgan fingerprint density at radius 2 is 0.667 bits per heavy atom. The molecule has 75 heavy (non-hydrogen) atoms. The van der Waals surface area contributed by atoms with Crippen LogP contribution in [0.2, 0.25) is 0 Å². The summed E-state index contributed by atoms with van der Waals surface area (Å²) in [6, 6.07) is -0.634. The summed E-state index contributed by atoms with van der Waals surface area (Å²) >= 11 is 0. The minimum Gasteiger partial charge on any atom is -0.466 e. The first-order chi connectivity index (χ1) is 37.0. The van der Waals surface area contributed by atoms with Gasteiger partial charge in [0.1, 0.15) is 0 Å². The van der Waals surface area contributed by atoms with Gasteiger partial charge >= 0.3 is 5.97 Å². The molecule has 0 saturated heterocycles. The van der Waals surface area contributed by atoms with Crippen molar-refractivity contribution in [1.82, 2.24) is 5.32 Å². The van der Waals surface area contributed by atoms with Gasteiger partial charge in [0.05, 0.1) is 25.4 Å². The first-order valence-electron chi connectivity index (χ1n) is 33.4. The van der Waals surface area contributed by atoms with Crippen molar-refractivity contribution in [3.8, 4) is 0 Å². The predicted octanol–water partition coefficient (Wildman–Crippen LogP) is 21.3. The number of rotatable bonds is 62. The van der Waals surface area contributed by atoms with Crippen LogP contribution in [0.1, 0.15) is 354 Å². The summed E-state index contributed by atoms with van der Waals surface area (Å²) in [7, 11) is 0. The largest absolute Gasteiger partial charge is 0.466 e. The second-order valence-corrected chi connectivity index (χ2v) is 22.8. The third kappa shape index (κ3) is 60.9. The quantitative estimate of drug-likeness (QED) is 0.0320. The molecule has 0 radical (unpaired) electrons. The highest BCUT2D eigenvalue weighted by molar-refractivity contribution is 5.76. The molecule has 0 aromatic carbocycles. The van der Waals surface area contributed by atoms with Gasteiger partial charge in [0.25, 0.3) is 0 Å². The maximum atomic E-state index is 12.5. The summed E-state index contributed by atoms with van der Waals surface area (Å²) in [5.41, 5.74) is 0.